The van der Waals surface area contributed by atoms with E-state index in [-0.39, 0.29) is 12.3 Å². The minimum atomic E-state index is -0.0524. The maximum atomic E-state index is 13.1. The van der Waals surface area contributed by atoms with Crippen molar-refractivity contribution in [2.75, 3.05) is 0 Å². The molecule has 0 atom stereocenters. The fraction of sp³-hybridized carbons (Fsp3) is 0.167. The molecule has 6 heteroatoms. The molecule has 0 fully saturated rings. The summed E-state index contributed by atoms with van der Waals surface area (Å²) >= 11 is 0. The number of benzene rings is 2. The average Bonchev–Trinajstić information content (AvgIpc) is 3.03. The number of hydrogen-bond donors (Lipinski definition) is 2. The summed E-state index contributed by atoms with van der Waals surface area (Å²) in [7, 11) is 0. The molecule has 0 aliphatic heterocycles. The van der Waals surface area contributed by atoms with Crippen LogP contribution in [-0.4, -0.2) is 25.8 Å². The maximum absolute atomic E-state index is 13.1. The van der Waals surface area contributed by atoms with Gasteiger partial charge in [-0.05, 0) is 31.5 Å². The quantitative estimate of drug-likeness (QED) is 0.557. The SMILES string of the molecule is Cc1ccc(-n2cnnc2CNO)c(C(=O)c2ccccc2C)c1. The lowest BCUT2D eigenvalue weighted by molar-refractivity contribution is 0.103. The number of hydroxylamine groups is 1. The molecule has 0 bridgehead atoms. The topological polar surface area (TPSA) is 80.0 Å². The molecular weight excluding hydrogens is 304 g/mol. The predicted molar refractivity (Wildman–Crippen MR) is 89.3 cm³/mol. The molecule has 1 heterocycles. The lowest BCUT2D eigenvalue weighted by atomic mass is 9.96. The van der Waals surface area contributed by atoms with Gasteiger partial charge >= 0.3 is 0 Å². The molecule has 3 rings (SSSR count). The minimum Gasteiger partial charge on any atom is -0.316 e. The molecule has 0 radical (unpaired) electrons. The standard InChI is InChI=1S/C18H18N4O2/c1-12-7-8-16(22-11-19-21-17(22)10-20-24)15(9-12)18(23)14-6-4-3-5-13(14)2/h3-9,11,20,24H,10H2,1-2H3. The number of ketones is 1. The Hall–Kier alpha value is -2.83. The van der Waals surface area contributed by atoms with Crippen molar-refractivity contribution < 1.29 is 10.0 Å². The van der Waals surface area contributed by atoms with Crippen molar-refractivity contribution >= 4 is 5.78 Å². The Balaban J connectivity index is 2.15. The first-order chi connectivity index (χ1) is 11.6. The second kappa shape index (κ2) is 6.74. The molecule has 0 unspecified atom stereocenters. The lowest BCUT2D eigenvalue weighted by Gasteiger charge is -2.13. The second-order valence-electron chi connectivity index (χ2n) is 5.62. The Kier molecular flexibility index (Phi) is 4.50. The molecule has 24 heavy (non-hydrogen) atoms. The van der Waals surface area contributed by atoms with E-state index in [0.717, 1.165) is 11.1 Å². The number of rotatable bonds is 5. The van der Waals surface area contributed by atoms with Gasteiger partial charge in [-0.1, -0.05) is 35.9 Å². The first kappa shape index (κ1) is 16.0. The summed E-state index contributed by atoms with van der Waals surface area (Å²) < 4.78 is 1.70. The summed E-state index contributed by atoms with van der Waals surface area (Å²) in [6, 6.07) is 13.2. The van der Waals surface area contributed by atoms with E-state index in [9.17, 15) is 4.79 Å². The third-order valence-corrected chi connectivity index (χ3v) is 3.90. The van der Waals surface area contributed by atoms with Crippen molar-refractivity contribution in [1.82, 2.24) is 20.2 Å². The largest absolute Gasteiger partial charge is 0.316 e. The van der Waals surface area contributed by atoms with Gasteiger partial charge in [0.15, 0.2) is 11.6 Å². The van der Waals surface area contributed by atoms with E-state index in [0.29, 0.717) is 22.6 Å². The van der Waals surface area contributed by atoms with E-state index in [1.807, 2.05) is 56.3 Å². The van der Waals surface area contributed by atoms with Crippen LogP contribution in [0.25, 0.3) is 5.69 Å². The highest BCUT2D eigenvalue weighted by Crippen LogP contribution is 2.22. The molecule has 0 saturated heterocycles. The van der Waals surface area contributed by atoms with Gasteiger partial charge in [-0.25, -0.2) is 0 Å². The van der Waals surface area contributed by atoms with Crippen LogP contribution >= 0.6 is 0 Å². The Morgan fingerprint density at radius 2 is 1.96 bits per heavy atom. The molecule has 0 aliphatic rings. The van der Waals surface area contributed by atoms with Crippen LogP contribution in [0.3, 0.4) is 0 Å². The summed E-state index contributed by atoms with van der Waals surface area (Å²) in [4.78, 5) is 13.1. The summed E-state index contributed by atoms with van der Waals surface area (Å²) in [5.41, 5.74) is 5.91. The Bertz CT molecular complexity index is 886. The highest BCUT2D eigenvalue weighted by Gasteiger charge is 2.18. The number of carbonyl (C=O) groups excluding carboxylic acids is 1. The summed E-state index contributed by atoms with van der Waals surface area (Å²) in [6.45, 7) is 4.00. The van der Waals surface area contributed by atoms with E-state index >= 15 is 0 Å². The van der Waals surface area contributed by atoms with Gasteiger partial charge in [-0.3, -0.25) is 9.36 Å². The maximum Gasteiger partial charge on any atom is 0.195 e. The molecule has 2 aromatic carbocycles. The summed E-state index contributed by atoms with van der Waals surface area (Å²) in [6.07, 6.45) is 1.53. The van der Waals surface area contributed by atoms with Gasteiger partial charge in [-0.2, -0.15) is 5.48 Å². The normalized spacial score (nSPS) is 10.8. The first-order valence-corrected chi connectivity index (χ1v) is 7.59. The van der Waals surface area contributed by atoms with Gasteiger partial charge in [0.25, 0.3) is 0 Å². The van der Waals surface area contributed by atoms with E-state index in [4.69, 9.17) is 5.21 Å². The fourth-order valence-corrected chi connectivity index (χ4v) is 2.67. The number of nitrogens with zero attached hydrogens (tertiary/aromatic N) is 3. The van der Waals surface area contributed by atoms with Gasteiger partial charge < -0.3 is 5.21 Å². The number of nitrogens with one attached hydrogen (secondary N) is 1. The number of carbonyl (C=O) groups is 1. The summed E-state index contributed by atoms with van der Waals surface area (Å²) in [5, 5.41) is 16.8. The van der Waals surface area contributed by atoms with E-state index in [1.165, 1.54) is 6.33 Å². The third kappa shape index (κ3) is 2.97. The van der Waals surface area contributed by atoms with Crippen LogP contribution in [0.4, 0.5) is 0 Å². The molecular formula is C18H18N4O2. The van der Waals surface area contributed by atoms with Crippen LogP contribution in [0, 0.1) is 13.8 Å². The van der Waals surface area contributed by atoms with Crippen LogP contribution in [0.1, 0.15) is 32.9 Å². The van der Waals surface area contributed by atoms with Crippen molar-refractivity contribution in [3.05, 3.63) is 76.9 Å². The van der Waals surface area contributed by atoms with Gasteiger partial charge in [0.2, 0.25) is 0 Å². The van der Waals surface area contributed by atoms with Gasteiger partial charge in [0.05, 0.1) is 12.2 Å². The van der Waals surface area contributed by atoms with Crippen LogP contribution in [0.5, 0.6) is 0 Å². The molecule has 0 saturated carbocycles. The minimum absolute atomic E-state index is 0.0524. The van der Waals surface area contributed by atoms with Crippen LogP contribution in [0.15, 0.2) is 48.8 Å². The van der Waals surface area contributed by atoms with E-state index < -0.39 is 0 Å². The zero-order chi connectivity index (χ0) is 17.1. The van der Waals surface area contributed by atoms with Crippen LogP contribution < -0.4 is 5.48 Å². The van der Waals surface area contributed by atoms with E-state index in [2.05, 4.69) is 15.7 Å². The monoisotopic (exact) mass is 322 g/mol. The van der Waals surface area contributed by atoms with Crippen LogP contribution in [0.2, 0.25) is 0 Å². The van der Waals surface area contributed by atoms with Crippen molar-refractivity contribution in [3.8, 4) is 5.69 Å². The average molecular weight is 322 g/mol. The fourth-order valence-electron chi connectivity index (χ4n) is 2.67. The van der Waals surface area contributed by atoms with E-state index in [1.54, 1.807) is 4.57 Å². The second-order valence-corrected chi connectivity index (χ2v) is 5.62. The first-order valence-electron chi connectivity index (χ1n) is 7.59. The van der Waals surface area contributed by atoms with Crippen molar-refractivity contribution in [2.45, 2.75) is 20.4 Å². The van der Waals surface area contributed by atoms with Crippen molar-refractivity contribution in [1.29, 1.82) is 0 Å². The molecule has 0 aliphatic carbocycles. The zero-order valence-corrected chi connectivity index (χ0v) is 13.5. The van der Waals surface area contributed by atoms with Gasteiger partial charge in [-0.15, -0.1) is 10.2 Å². The van der Waals surface area contributed by atoms with Crippen molar-refractivity contribution in [2.24, 2.45) is 0 Å². The molecule has 0 spiro atoms. The Labute approximate surface area is 139 Å². The molecule has 122 valence electrons. The number of aromatic nitrogens is 3. The number of aryl methyl sites for hydroxylation is 2. The Morgan fingerprint density at radius 1 is 1.17 bits per heavy atom. The number of hydrogen-bond acceptors (Lipinski definition) is 5. The summed E-state index contributed by atoms with van der Waals surface area (Å²) in [5.74, 6) is 0.462. The van der Waals surface area contributed by atoms with Crippen LogP contribution in [-0.2, 0) is 6.54 Å². The highest BCUT2D eigenvalue weighted by atomic mass is 16.5. The molecule has 2 N–H and O–H groups in total. The van der Waals surface area contributed by atoms with Gasteiger partial charge in [0.1, 0.15) is 6.33 Å². The Morgan fingerprint density at radius 3 is 2.71 bits per heavy atom. The third-order valence-electron chi connectivity index (χ3n) is 3.90. The molecule has 0 amide bonds. The molecule has 1 aromatic heterocycles. The molecule has 6 nitrogen and oxygen atoms in total. The smallest absolute Gasteiger partial charge is 0.195 e. The highest BCUT2D eigenvalue weighted by molar-refractivity contribution is 6.12. The zero-order valence-electron chi connectivity index (χ0n) is 13.5. The molecule has 3 aromatic rings. The predicted octanol–water partition coefficient (Wildman–Crippen LogP) is 2.59. The van der Waals surface area contributed by atoms with Crippen molar-refractivity contribution in [3.63, 3.8) is 0 Å². The lowest BCUT2D eigenvalue weighted by Crippen LogP contribution is -2.14. The van der Waals surface area contributed by atoms with Gasteiger partial charge in [0, 0.05) is 11.1 Å².